The zero-order chi connectivity index (χ0) is 10.7. The zero-order valence-electron chi connectivity index (χ0n) is 8.96. The highest BCUT2D eigenvalue weighted by Crippen LogP contribution is 2.06. The number of rotatable bonds is 3. The van der Waals surface area contributed by atoms with Crippen LogP contribution in [0.3, 0.4) is 0 Å². The van der Waals surface area contributed by atoms with Crippen LogP contribution in [0.5, 0.6) is 0 Å². The molecule has 0 fully saturated rings. The van der Waals surface area contributed by atoms with Crippen LogP contribution in [-0.4, -0.2) is 20.8 Å². The standard InChI is InChI=1S/C11H14N4/c1-9(2)14-10-6-13-15(8-10)11-4-3-5-12-7-11/h3-9,14H,1-2H3/p+1. The molecule has 0 radical (unpaired) electrons. The van der Waals surface area contributed by atoms with Crippen LogP contribution in [0.25, 0.3) is 5.69 Å². The van der Waals surface area contributed by atoms with Crippen molar-refractivity contribution in [2.75, 3.05) is 0 Å². The van der Waals surface area contributed by atoms with Gasteiger partial charge in [0.15, 0.2) is 5.69 Å². The summed E-state index contributed by atoms with van der Waals surface area (Å²) in [5, 5.41) is 6.47. The molecule has 4 nitrogen and oxygen atoms in total. The zero-order valence-corrected chi connectivity index (χ0v) is 8.96. The quantitative estimate of drug-likeness (QED) is 0.804. The summed E-state index contributed by atoms with van der Waals surface area (Å²) in [6, 6.07) is 4.43. The lowest BCUT2D eigenvalue weighted by Gasteiger charge is -2.00. The summed E-state index contributed by atoms with van der Waals surface area (Å²) in [5.41, 5.74) is 2.13. The summed E-state index contributed by atoms with van der Waals surface area (Å²) in [4.78, 5) is 4.06. The van der Waals surface area contributed by atoms with E-state index in [1.165, 1.54) is 0 Å². The fourth-order valence-corrected chi connectivity index (χ4v) is 1.44. The van der Waals surface area contributed by atoms with Gasteiger partial charge in [-0.1, -0.05) is 0 Å². The second-order valence-electron chi connectivity index (χ2n) is 3.84. The second-order valence-corrected chi connectivity index (χ2v) is 3.84. The number of pyridine rings is 1. The van der Waals surface area contributed by atoms with Crippen LogP contribution in [0.2, 0.25) is 0 Å². The van der Waals surface area contributed by atoms with E-state index in [1.54, 1.807) is 12.4 Å². The highest BCUT2D eigenvalue weighted by molar-refractivity contribution is 5.31. The lowest BCUT2D eigenvalue weighted by atomic mass is 10.4. The Morgan fingerprint density at radius 1 is 1.33 bits per heavy atom. The van der Waals surface area contributed by atoms with E-state index >= 15 is 0 Å². The second kappa shape index (κ2) is 4.23. The Hall–Kier alpha value is -1.68. The van der Waals surface area contributed by atoms with Crippen LogP contribution in [-0.2, 0) is 0 Å². The lowest BCUT2D eigenvalue weighted by molar-refractivity contribution is -0.603. The van der Waals surface area contributed by atoms with Crippen molar-refractivity contribution in [3.63, 3.8) is 0 Å². The van der Waals surface area contributed by atoms with Gasteiger partial charge < -0.3 is 5.32 Å². The predicted molar refractivity (Wildman–Crippen MR) is 58.1 cm³/mol. The molecule has 0 atom stereocenters. The van der Waals surface area contributed by atoms with Gasteiger partial charge >= 0.3 is 0 Å². The summed E-state index contributed by atoms with van der Waals surface area (Å²) >= 11 is 0. The Balaban J connectivity index is 2.21. The van der Waals surface area contributed by atoms with Gasteiger partial charge in [-0.25, -0.2) is 4.68 Å². The molecule has 2 rings (SSSR count). The van der Waals surface area contributed by atoms with Crippen LogP contribution in [0.1, 0.15) is 13.8 Å². The maximum absolute atomic E-state index is 4.28. The van der Waals surface area contributed by atoms with Crippen molar-refractivity contribution in [2.24, 2.45) is 0 Å². The van der Waals surface area contributed by atoms with Gasteiger partial charge in [0.05, 0.1) is 24.1 Å². The van der Waals surface area contributed by atoms with E-state index < -0.39 is 0 Å². The molecule has 15 heavy (non-hydrogen) atoms. The first-order chi connectivity index (χ1) is 7.25. The van der Waals surface area contributed by atoms with Gasteiger partial charge in [-0.3, -0.25) is 4.98 Å². The number of hydrogen-bond donors (Lipinski definition) is 1. The molecule has 0 spiro atoms. The van der Waals surface area contributed by atoms with E-state index in [2.05, 4.69) is 29.2 Å². The minimum Gasteiger partial charge on any atom is -0.309 e. The molecule has 2 aromatic rings. The Bertz CT molecular complexity index is 419. The van der Waals surface area contributed by atoms with Crippen molar-refractivity contribution in [3.05, 3.63) is 36.9 Å². The summed E-state index contributed by atoms with van der Waals surface area (Å²) in [5.74, 6) is 0. The average Bonchev–Trinajstić information content (AvgIpc) is 2.67. The Morgan fingerprint density at radius 2 is 2.20 bits per heavy atom. The summed E-state index contributed by atoms with van der Waals surface area (Å²) in [7, 11) is 0. The molecule has 2 heterocycles. The molecule has 4 heteroatoms. The molecule has 0 saturated carbocycles. The molecule has 0 aromatic carbocycles. The van der Waals surface area contributed by atoms with Crippen LogP contribution in [0, 0.1) is 0 Å². The van der Waals surface area contributed by atoms with Gasteiger partial charge in [0, 0.05) is 6.20 Å². The highest BCUT2D eigenvalue weighted by atomic mass is 15.3. The van der Waals surface area contributed by atoms with Crippen molar-refractivity contribution in [1.82, 2.24) is 14.8 Å². The molecule has 0 bridgehead atoms. The first-order valence-electron chi connectivity index (χ1n) is 5.05. The van der Waals surface area contributed by atoms with E-state index in [0.717, 1.165) is 11.4 Å². The highest BCUT2D eigenvalue weighted by Gasteiger charge is 2.05. The van der Waals surface area contributed by atoms with Crippen molar-refractivity contribution in [2.45, 2.75) is 19.9 Å². The van der Waals surface area contributed by atoms with Crippen molar-refractivity contribution in [1.29, 1.82) is 0 Å². The molecule has 0 aliphatic rings. The summed E-state index contributed by atoms with van der Waals surface area (Å²) < 4.78 is 1.83. The van der Waals surface area contributed by atoms with Gasteiger partial charge in [-0.05, 0) is 26.0 Å². The maximum atomic E-state index is 4.28. The van der Waals surface area contributed by atoms with Gasteiger partial charge in [0.25, 0.3) is 0 Å². The Morgan fingerprint density at radius 3 is 2.87 bits per heavy atom. The predicted octanol–water partition coefficient (Wildman–Crippen LogP) is 0.871. The molecule has 2 aromatic heterocycles. The molecule has 0 amide bonds. The van der Waals surface area contributed by atoms with E-state index in [4.69, 9.17) is 0 Å². The van der Waals surface area contributed by atoms with E-state index in [1.807, 2.05) is 29.2 Å². The van der Waals surface area contributed by atoms with E-state index in [9.17, 15) is 0 Å². The monoisotopic (exact) mass is 203 g/mol. The summed E-state index contributed by atoms with van der Waals surface area (Å²) in [6.07, 6.45) is 7.43. The van der Waals surface area contributed by atoms with Crippen molar-refractivity contribution in [3.8, 4) is 5.69 Å². The lowest BCUT2D eigenvalue weighted by Crippen LogP contribution is -2.82. The maximum Gasteiger partial charge on any atom is 0.168 e. The molecule has 0 aliphatic heterocycles. The van der Waals surface area contributed by atoms with E-state index in [-0.39, 0.29) is 0 Å². The minimum absolute atomic E-state index is 0.538. The number of hydrogen-bond acceptors (Lipinski definition) is 2. The molecule has 0 aliphatic carbocycles. The van der Waals surface area contributed by atoms with Gasteiger partial charge in [0.2, 0.25) is 0 Å². The van der Waals surface area contributed by atoms with Crippen LogP contribution < -0.4 is 5.32 Å². The smallest absolute Gasteiger partial charge is 0.168 e. The molecule has 0 unspecified atom stereocenters. The van der Waals surface area contributed by atoms with Gasteiger partial charge in [-0.15, -0.1) is 0 Å². The number of nitrogens with two attached hydrogens (primary N) is 1. The summed E-state index contributed by atoms with van der Waals surface area (Å²) in [6.45, 7) is 4.31. The van der Waals surface area contributed by atoms with Crippen LogP contribution in [0.4, 0.5) is 5.69 Å². The largest absolute Gasteiger partial charge is 0.309 e. The normalized spacial score (nSPS) is 10.9. The molecular formula is C11H15N4+. The van der Waals surface area contributed by atoms with Gasteiger partial charge in [-0.2, -0.15) is 5.10 Å². The SMILES string of the molecule is CC(C)[NH2+]c1cnn(-c2cccnc2)c1. The third kappa shape index (κ3) is 2.41. The van der Waals surface area contributed by atoms with Crippen molar-refractivity contribution >= 4 is 5.69 Å². The van der Waals surface area contributed by atoms with Crippen molar-refractivity contribution < 1.29 is 5.32 Å². The first-order valence-corrected chi connectivity index (χ1v) is 5.05. The number of nitrogens with zero attached hydrogens (tertiary/aromatic N) is 3. The fourth-order valence-electron chi connectivity index (χ4n) is 1.44. The third-order valence-electron chi connectivity index (χ3n) is 2.04. The Labute approximate surface area is 89.0 Å². The van der Waals surface area contributed by atoms with Gasteiger partial charge in [0.1, 0.15) is 6.20 Å². The molecule has 0 saturated heterocycles. The minimum atomic E-state index is 0.538. The first kappa shape index (κ1) is 9.86. The topological polar surface area (TPSA) is 47.3 Å². The average molecular weight is 203 g/mol. The van der Waals surface area contributed by atoms with E-state index in [0.29, 0.717) is 6.04 Å². The Kier molecular flexibility index (Phi) is 2.78. The molecular weight excluding hydrogens is 188 g/mol. The van der Waals surface area contributed by atoms with Crippen LogP contribution >= 0.6 is 0 Å². The fraction of sp³-hybridized carbons (Fsp3) is 0.273. The van der Waals surface area contributed by atoms with Crippen LogP contribution in [0.15, 0.2) is 36.9 Å². The molecule has 78 valence electrons. The third-order valence-corrected chi connectivity index (χ3v) is 2.04. The molecule has 2 N–H and O–H groups in total. The number of aromatic nitrogens is 3. The number of quaternary nitrogens is 1.